The summed E-state index contributed by atoms with van der Waals surface area (Å²) in [6, 6.07) is 14.9. The molecule has 1 amide bonds. The Balaban J connectivity index is 1.28. The van der Waals surface area contributed by atoms with E-state index >= 15 is 0 Å². The van der Waals surface area contributed by atoms with E-state index in [0.29, 0.717) is 60.4 Å². The van der Waals surface area contributed by atoms with Crippen molar-refractivity contribution in [1.29, 1.82) is 0 Å². The van der Waals surface area contributed by atoms with Crippen LogP contribution in [-0.2, 0) is 13.2 Å². The van der Waals surface area contributed by atoms with Crippen molar-refractivity contribution in [3.05, 3.63) is 88.1 Å². The Kier molecular flexibility index (Phi) is 7.11. The molecule has 1 saturated heterocycles. The van der Waals surface area contributed by atoms with E-state index in [-0.39, 0.29) is 29.9 Å². The summed E-state index contributed by atoms with van der Waals surface area (Å²) in [4.78, 5) is 28.0. The van der Waals surface area contributed by atoms with Gasteiger partial charge in [0.15, 0.2) is 11.5 Å². The van der Waals surface area contributed by atoms with Gasteiger partial charge in [-0.3, -0.25) is 14.5 Å². The molecule has 1 aromatic heterocycles. The molecule has 0 radical (unpaired) electrons. The third kappa shape index (κ3) is 5.61. The number of amides is 1. The lowest BCUT2D eigenvalue weighted by Crippen LogP contribution is -2.48. The van der Waals surface area contributed by atoms with Crippen LogP contribution in [0.3, 0.4) is 0 Å². The maximum atomic E-state index is 14.0. The summed E-state index contributed by atoms with van der Waals surface area (Å²) in [5, 5.41) is 0.411. The lowest BCUT2D eigenvalue weighted by atomic mass is 10.1. The zero-order chi connectivity index (χ0) is 23.4. The molecule has 3 aromatic rings. The lowest BCUT2D eigenvalue weighted by Gasteiger charge is -2.34. The number of ether oxygens (including phenoxy) is 1. The molecule has 0 N–H and O–H groups in total. The predicted molar refractivity (Wildman–Crippen MR) is 122 cm³/mol. The smallest absolute Gasteiger partial charge is 0.289 e. The average molecular weight is 471 g/mol. The molecule has 1 aliphatic heterocycles. The monoisotopic (exact) mass is 470 g/mol. The van der Waals surface area contributed by atoms with Crippen LogP contribution in [0, 0.1) is 5.82 Å². The van der Waals surface area contributed by atoms with Gasteiger partial charge >= 0.3 is 0 Å². The summed E-state index contributed by atoms with van der Waals surface area (Å²) < 4.78 is 25.4. The SMILES string of the molecule is CC(=O)c1ccc(OCc2ccc(C(=O)N3CCN(Cc4c(F)cccc4Cl)CC3)o2)cc1. The predicted octanol–water partition coefficient (Wildman–Crippen LogP) is 4.81. The van der Waals surface area contributed by atoms with Gasteiger partial charge in [0.25, 0.3) is 5.91 Å². The van der Waals surface area contributed by atoms with Crippen LogP contribution in [-0.4, -0.2) is 47.7 Å². The Morgan fingerprint density at radius 2 is 1.76 bits per heavy atom. The molecule has 0 aliphatic carbocycles. The van der Waals surface area contributed by atoms with Crippen molar-refractivity contribution in [2.24, 2.45) is 0 Å². The Morgan fingerprint density at radius 3 is 2.42 bits per heavy atom. The van der Waals surface area contributed by atoms with Gasteiger partial charge in [-0.1, -0.05) is 17.7 Å². The number of hydrogen-bond donors (Lipinski definition) is 0. The van der Waals surface area contributed by atoms with E-state index in [9.17, 15) is 14.0 Å². The molecule has 1 fully saturated rings. The standard InChI is InChI=1S/C25H24ClFN2O4/c1-17(30)18-5-7-19(8-6-18)32-16-20-9-10-24(33-20)25(31)29-13-11-28(12-14-29)15-21-22(26)3-2-4-23(21)27/h2-10H,11-16H2,1H3. The van der Waals surface area contributed by atoms with Crippen molar-refractivity contribution in [3.8, 4) is 5.75 Å². The first-order valence-corrected chi connectivity index (χ1v) is 11.1. The number of hydrogen-bond acceptors (Lipinski definition) is 5. The molecular formula is C25H24ClFN2O4. The number of furan rings is 1. The van der Waals surface area contributed by atoms with Gasteiger partial charge in [-0.05, 0) is 55.5 Å². The number of halogens is 2. The van der Waals surface area contributed by atoms with Crippen LogP contribution in [0.4, 0.5) is 4.39 Å². The summed E-state index contributed by atoms with van der Waals surface area (Å²) >= 11 is 6.13. The Morgan fingerprint density at radius 1 is 1.03 bits per heavy atom. The second kappa shape index (κ2) is 10.2. The lowest BCUT2D eigenvalue weighted by molar-refractivity contribution is 0.0592. The quantitative estimate of drug-likeness (QED) is 0.464. The van der Waals surface area contributed by atoms with Crippen molar-refractivity contribution < 1.29 is 23.1 Å². The minimum absolute atomic E-state index is 0.00685. The van der Waals surface area contributed by atoms with Crippen molar-refractivity contribution in [1.82, 2.24) is 9.80 Å². The first-order valence-electron chi connectivity index (χ1n) is 10.7. The van der Waals surface area contributed by atoms with E-state index in [1.54, 1.807) is 53.4 Å². The molecule has 0 unspecified atom stereocenters. The summed E-state index contributed by atoms with van der Waals surface area (Å²) in [6.07, 6.45) is 0. The van der Waals surface area contributed by atoms with Crippen LogP contribution < -0.4 is 4.74 Å². The maximum Gasteiger partial charge on any atom is 0.289 e. The maximum absolute atomic E-state index is 14.0. The second-order valence-electron chi connectivity index (χ2n) is 7.90. The van der Waals surface area contributed by atoms with Crippen molar-refractivity contribution >= 4 is 23.3 Å². The van der Waals surface area contributed by atoms with Gasteiger partial charge in [-0.25, -0.2) is 4.39 Å². The van der Waals surface area contributed by atoms with Gasteiger partial charge in [0, 0.05) is 48.9 Å². The molecule has 0 atom stereocenters. The zero-order valence-electron chi connectivity index (χ0n) is 18.2. The van der Waals surface area contributed by atoms with Crippen LogP contribution in [0.1, 0.15) is 39.2 Å². The zero-order valence-corrected chi connectivity index (χ0v) is 19.0. The molecule has 6 nitrogen and oxygen atoms in total. The van der Waals surface area contributed by atoms with Gasteiger partial charge in [-0.2, -0.15) is 0 Å². The average Bonchev–Trinajstić information content (AvgIpc) is 3.29. The first kappa shape index (κ1) is 23.0. The third-order valence-corrected chi connectivity index (χ3v) is 5.97. The molecule has 0 bridgehead atoms. The molecule has 0 spiro atoms. The fraction of sp³-hybridized carbons (Fsp3) is 0.280. The van der Waals surface area contributed by atoms with Gasteiger partial charge in [0.2, 0.25) is 0 Å². The number of carbonyl (C=O) groups excluding carboxylic acids is 2. The molecule has 33 heavy (non-hydrogen) atoms. The number of nitrogens with zero attached hydrogens (tertiary/aromatic N) is 2. The molecule has 2 heterocycles. The number of piperazine rings is 1. The number of ketones is 1. The summed E-state index contributed by atoms with van der Waals surface area (Å²) in [5.41, 5.74) is 1.09. The number of Topliss-reactive ketones (excluding diaryl/α,β-unsaturated/α-hetero) is 1. The number of benzene rings is 2. The van der Waals surface area contributed by atoms with Gasteiger partial charge < -0.3 is 14.1 Å². The highest BCUT2D eigenvalue weighted by Crippen LogP contribution is 2.22. The van der Waals surface area contributed by atoms with Gasteiger partial charge in [0.05, 0.1) is 0 Å². The van der Waals surface area contributed by atoms with Crippen molar-refractivity contribution in [2.45, 2.75) is 20.1 Å². The third-order valence-electron chi connectivity index (χ3n) is 5.62. The molecule has 8 heteroatoms. The Labute approximate surface area is 196 Å². The molecule has 1 aliphatic rings. The van der Waals surface area contributed by atoms with Crippen LogP contribution in [0.2, 0.25) is 5.02 Å². The van der Waals surface area contributed by atoms with Gasteiger partial charge in [-0.15, -0.1) is 0 Å². The fourth-order valence-corrected chi connectivity index (χ4v) is 3.91. The van der Waals surface area contributed by atoms with E-state index in [4.69, 9.17) is 20.8 Å². The second-order valence-corrected chi connectivity index (χ2v) is 8.31. The highest BCUT2D eigenvalue weighted by molar-refractivity contribution is 6.31. The van der Waals surface area contributed by atoms with E-state index in [1.807, 2.05) is 0 Å². The summed E-state index contributed by atoms with van der Waals surface area (Å²) in [7, 11) is 0. The van der Waals surface area contributed by atoms with E-state index in [2.05, 4.69) is 4.90 Å². The molecular weight excluding hydrogens is 447 g/mol. The van der Waals surface area contributed by atoms with Crippen molar-refractivity contribution in [3.63, 3.8) is 0 Å². The molecule has 0 saturated carbocycles. The van der Waals surface area contributed by atoms with Gasteiger partial charge in [0.1, 0.15) is 23.9 Å². The minimum atomic E-state index is -0.318. The topological polar surface area (TPSA) is 63.0 Å². The molecule has 2 aromatic carbocycles. The largest absolute Gasteiger partial charge is 0.486 e. The summed E-state index contributed by atoms with van der Waals surface area (Å²) in [5.74, 6) is 0.882. The van der Waals surface area contributed by atoms with Crippen LogP contribution in [0.25, 0.3) is 0 Å². The number of rotatable bonds is 7. The highest BCUT2D eigenvalue weighted by Gasteiger charge is 2.25. The fourth-order valence-electron chi connectivity index (χ4n) is 3.68. The first-order chi connectivity index (χ1) is 15.9. The Bertz CT molecular complexity index is 1120. The minimum Gasteiger partial charge on any atom is -0.486 e. The number of carbonyl (C=O) groups is 2. The Hall–Kier alpha value is -3.16. The van der Waals surface area contributed by atoms with E-state index in [0.717, 1.165) is 0 Å². The van der Waals surface area contributed by atoms with Crippen molar-refractivity contribution in [2.75, 3.05) is 26.2 Å². The van der Waals surface area contributed by atoms with Crippen LogP contribution in [0.15, 0.2) is 59.0 Å². The van der Waals surface area contributed by atoms with Crippen LogP contribution >= 0.6 is 11.6 Å². The normalized spacial score (nSPS) is 14.3. The highest BCUT2D eigenvalue weighted by atomic mass is 35.5. The van der Waals surface area contributed by atoms with Crippen LogP contribution in [0.5, 0.6) is 5.75 Å². The molecule has 4 rings (SSSR count). The summed E-state index contributed by atoms with van der Waals surface area (Å²) in [6.45, 7) is 4.34. The van der Waals surface area contributed by atoms with E-state index in [1.165, 1.54) is 13.0 Å². The molecule has 172 valence electrons. The van der Waals surface area contributed by atoms with E-state index < -0.39 is 0 Å².